The molecular formula is C26H28N6O3. The number of aryl methyl sites for hydroxylation is 1. The summed E-state index contributed by atoms with van der Waals surface area (Å²) in [6, 6.07) is 14.5. The summed E-state index contributed by atoms with van der Waals surface area (Å²) >= 11 is 0. The number of carbonyl (C=O) groups excluding carboxylic acids is 1. The van der Waals surface area contributed by atoms with Crippen LogP contribution in [0.15, 0.2) is 64.4 Å². The smallest absolute Gasteiger partial charge is 0.274 e. The number of nitrogens with zero attached hydrogens (tertiary/aromatic N) is 5. The van der Waals surface area contributed by atoms with E-state index in [2.05, 4.69) is 20.3 Å². The van der Waals surface area contributed by atoms with E-state index in [1.54, 1.807) is 24.3 Å². The SMILES string of the molecule is O=C(CCn1cnc2ccccc2c1=O)NCc1nn(CCN2CCCC2)c(=O)c2ccccc12. The zero-order valence-corrected chi connectivity index (χ0v) is 19.5. The fourth-order valence-electron chi connectivity index (χ4n) is 4.59. The van der Waals surface area contributed by atoms with Crippen LogP contribution in [0.2, 0.25) is 0 Å². The highest BCUT2D eigenvalue weighted by atomic mass is 16.2. The minimum Gasteiger partial charge on any atom is -0.350 e. The molecule has 1 saturated heterocycles. The first-order valence-electron chi connectivity index (χ1n) is 12.0. The molecule has 9 nitrogen and oxygen atoms in total. The summed E-state index contributed by atoms with van der Waals surface area (Å²) in [7, 11) is 0. The first-order chi connectivity index (χ1) is 17.1. The largest absolute Gasteiger partial charge is 0.350 e. The third-order valence-electron chi connectivity index (χ3n) is 6.54. The fourth-order valence-corrected chi connectivity index (χ4v) is 4.59. The standard InChI is InChI=1S/C26H28N6O3/c33-24(11-14-31-18-28-22-10-4-3-9-21(22)25(31)34)27-17-23-19-7-1-2-8-20(19)26(35)32(29-23)16-15-30-12-5-6-13-30/h1-4,7-10,18H,5-6,11-17H2,(H,27,33). The Balaban J connectivity index is 1.28. The molecule has 9 heteroatoms. The van der Waals surface area contributed by atoms with Gasteiger partial charge in [-0.05, 0) is 44.1 Å². The predicted octanol–water partition coefficient (Wildman–Crippen LogP) is 1.91. The predicted molar refractivity (Wildman–Crippen MR) is 134 cm³/mol. The molecule has 0 aliphatic carbocycles. The Morgan fingerprint density at radius 3 is 2.37 bits per heavy atom. The zero-order valence-electron chi connectivity index (χ0n) is 19.5. The van der Waals surface area contributed by atoms with Gasteiger partial charge in [0.1, 0.15) is 0 Å². The Labute approximate surface area is 202 Å². The first kappa shape index (κ1) is 22.9. The average Bonchev–Trinajstić information content (AvgIpc) is 3.41. The lowest BCUT2D eigenvalue weighted by atomic mass is 10.1. The summed E-state index contributed by atoms with van der Waals surface area (Å²) in [6.45, 7) is 3.84. The highest BCUT2D eigenvalue weighted by molar-refractivity contribution is 5.84. The number of fused-ring (bicyclic) bond motifs is 2. The van der Waals surface area contributed by atoms with Crippen LogP contribution in [0.5, 0.6) is 0 Å². The number of rotatable bonds is 8. The Bertz CT molecular complexity index is 1490. The number of amides is 1. The second kappa shape index (κ2) is 10.2. The number of carbonyl (C=O) groups is 1. The molecule has 3 heterocycles. The molecule has 5 rings (SSSR count). The minimum absolute atomic E-state index is 0.113. The number of para-hydroxylation sites is 1. The molecule has 1 aliphatic heterocycles. The number of benzene rings is 2. The molecule has 0 bridgehead atoms. The van der Waals surface area contributed by atoms with E-state index in [4.69, 9.17) is 0 Å². The van der Waals surface area contributed by atoms with Gasteiger partial charge in [0, 0.05) is 24.9 Å². The first-order valence-corrected chi connectivity index (χ1v) is 12.0. The van der Waals surface area contributed by atoms with Crippen LogP contribution in [0.25, 0.3) is 21.7 Å². The van der Waals surface area contributed by atoms with Gasteiger partial charge in [0.2, 0.25) is 5.91 Å². The molecule has 35 heavy (non-hydrogen) atoms. The van der Waals surface area contributed by atoms with Gasteiger partial charge in [-0.3, -0.25) is 19.0 Å². The molecule has 1 fully saturated rings. The summed E-state index contributed by atoms with van der Waals surface area (Å²) in [6.07, 6.45) is 3.99. The monoisotopic (exact) mass is 472 g/mol. The average molecular weight is 473 g/mol. The molecule has 2 aromatic heterocycles. The number of likely N-dealkylation sites (tertiary alicyclic amines) is 1. The van der Waals surface area contributed by atoms with Crippen LogP contribution < -0.4 is 16.4 Å². The highest BCUT2D eigenvalue weighted by Gasteiger charge is 2.15. The van der Waals surface area contributed by atoms with E-state index in [9.17, 15) is 14.4 Å². The molecule has 180 valence electrons. The minimum atomic E-state index is -0.203. The van der Waals surface area contributed by atoms with Gasteiger partial charge in [0.05, 0.1) is 41.4 Å². The fraction of sp³-hybridized carbons (Fsp3) is 0.346. The maximum atomic E-state index is 13.0. The Morgan fingerprint density at radius 2 is 1.57 bits per heavy atom. The van der Waals surface area contributed by atoms with Crippen molar-refractivity contribution in [3.05, 3.63) is 81.3 Å². The highest BCUT2D eigenvalue weighted by Crippen LogP contribution is 2.14. The molecule has 1 amide bonds. The Morgan fingerprint density at radius 1 is 0.857 bits per heavy atom. The van der Waals surface area contributed by atoms with E-state index in [0.717, 1.165) is 25.0 Å². The maximum Gasteiger partial charge on any atom is 0.274 e. The maximum absolute atomic E-state index is 13.0. The van der Waals surface area contributed by atoms with Crippen molar-refractivity contribution in [2.45, 2.75) is 38.9 Å². The van der Waals surface area contributed by atoms with Gasteiger partial charge in [-0.1, -0.05) is 30.3 Å². The van der Waals surface area contributed by atoms with Gasteiger partial charge in [-0.25, -0.2) is 9.67 Å². The number of aromatic nitrogens is 4. The van der Waals surface area contributed by atoms with Crippen molar-refractivity contribution in [3.63, 3.8) is 0 Å². The lowest BCUT2D eigenvalue weighted by Crippen LogP contribution is -2.33. The van der Waals surface area contributed by atoms with Crippen LogP contribution in [0.1, 0.15) is 25.0 Å². The summed E-state index contributed by atoms with van der Waals surface area (Å²) in [5.74, 6) is -0.203. The molecule has 2 aromatic carbocycles. The van der Waals surface area contributed by atoms with E-state index in [-0.39, 0.29) is 36.5 Å². The van der Waals surface area contributed by atoms with Gasteiger partial charge >= 0.3 is 0 Å². The van der Waals surface area contributed by atoms with Gasteiger partial charge < -0.3 is 10.2 Å². The molecule has 0 saturated carbocycles. The summed E-state index contributed by atoms with van der Waals surface area (Å²) in [4.78, 5) is 44.8. The number of hydrogen-bond donors (Lipinski definition) is 1. The van der Waals surface area contributed by atoms with Crippen molar-refractivity contribution in [2.24, 2.45) is 0 Å². The second-order valence-corrected chi connectivity index (χ2v) is 8.86. The molecule has 0 radical (unpaired) electrons. The normalized spacial score (nSPS) is 14.1. The van der Waals surface area contributed by atoms with E-state index in [1.165, 1.54) is 28.4 Å². The van der Waals surface area contributed by atoms with Gasteiger partial charge in [-0.15, -0.1) is 0 Å². The summed E-state index contributed by atoms with van der Waals surface area (Å²) in [5.41, 5.74) is 1.01. The molecule has 1 aliphatic rings. The summed E-state index contributed by atoms with van der Waals surface area (Å²) < 4.78 is 2.97. The van der Waals surface area contributed by atoms with Gasteiger partial charge in [0.15, 0.2) is 0 Å². The van der Waals surface area contributed by atoms with Crippen molar-refractivity contribution in [1.82, 2.24) is 29.5 Å². The topological polar surface area (TPSA) is 102 Å². The molecular weight excluding hydrogens is 444 g/mol. The van der Waals surface area contributed by atoms with Crippen LogP contribution in [0.3, 0.4) is 0 Å². The summed E-state index contributed by atoms with van der Waals surface area (Å²) in [5, 5.41) is 9.37. The molecule has 0 atom stereocenters. The van der Waals surface area contributed by atoms with Crippen LogP contribution in [0.4, 0.5) is 0 Å². The van der Waals surface area contributed by atoms with Crippen LogP contribution in [0, 0.1) is 0 Å². The van der Waals surface area contributed by atoms with Crippen LogP contribution in [-0.2, 0) is 24.4 Å². The van der Waals surface area contributed by atoms with E-state index in [1.807, 2.05) is 24.3 Å². The Hall–Kier alpha value is -3.85. The van der Waals surface area contributed by atoms with Gasteiger partial charge in [0.25, 0.3) is 11.1 Å². The molecule has 0 unspecified atom stereocenters. The van der Waals surface area contributed by atoms with Crippen molar-refractivity contribution in [2.75, 3.05) is 19.6 Å². The van der Waals surface area contributed by atoms with Crippen LogP contribution in [-0.4, -0.2) is 49.8 Å². The number of hydrogen-bond acceptors (Lipinski definition) is 6. The van der Waals surface area contributed by atoms with Crippen molar-refractivity contribution in [3.8, 4) is 0 Å². The number of nitrogens with one attached hydrogen (secondary N) is 1. The van der Waals surface area contributed by atoms with E-state index in [0.29, 0.717) is 28.5 Å². The second-order valence-electron chi connectivity index (χ2n) is 8.86. The lowest BCUT2D eigenvalue weighted by Gasteiger charge is -2.16. The third kappa shape index (κ3) is 5.00. The van der Waals surface area contributed by atoms with Crippen molar-refractivity contribution >= 4 is 27.6 Å². The lowest BCUT2D eigenvalue weighted by molar-refractivity contribution is -0.121. The van der Waals surface area contributed by atoms with E-state index >= 15 is 0 Å². The Kier molecular flexibility index (Phi) is 6.67. The molecule has 0 spiro atoms. The quantitative estimate of drug-likeness (QED) is 0.420. The molecule has 1 N–H and O–H groups in total. The van der Waals surface area contributed by atoms with Crippen molar-refractivity contribution in [1.29, 1.82) is 0 Å². The van der Waals surface area contributed by atoms with E-state index < -0.39 is 0 Å². The third-order valence-corrected chi connectivity index (χ3v) is 6.54. The van der Waals surface area contributed by atoms with Crippen LogP contribution >= 0.6 is 0 Å². The zero-order chi connectivity index (χ0) is 24.2. The molecule has 4 aromatic rings. The van der Waals surface area contributed by atoms with Gasteiger partial charge in [-0.2, -0.15) is 5.10 Å². The van der Waals surface area contributed by atoms with Crippen molar-refractivity contribution < 1.29 is 4.79 Å².